The lowest BCUT2D eigenvalue weighted by Crippen LogP contribution is -1.94. The molecule has 3 nitrogen and oxygen atoms in total. The Kier molecular flexibility index (Phi) is 5.62. The zero-order valence-electron chi connectivity index (χ0n) is 7.12. The quantitative estimate of drug-likeness (QED) is 0.636. The standard InChI is InChI=1S/C8H8N2.CH5N/c9-5-7-1-2-8(6-10)4-3-7;1-2/h1-4H,5,9H2;2H2,1H3. The van der Waals surface area contributed by atoms with Crippen molar-refractivity contribution < 1.29 is 0 Å². The lowest BCUT2D eigenvalue weighted by atomic mass is 10.1. The Morgan fingerprint density at radius 2 is 1.75 bits per heavy atom. The maximum atomic E-state index is 8.42. The number of nitriles is 1. The van der Waals surface area contributed by atoms with Gasteiger partial charge in [0.25, 0.3) is 0 Å². The molecule has 0 unspecified atom stereocenters. The second-order valence-electron chi connectivity index (χ2n) is 2.01. The van der Waals surface area contributed by atoms with E-state index >= 15 is 0 Å². The normalized spacial score (nSPS) is 7.83. The molecule has 0 saturated carbocycles. The molecule has 0 amide bonds. The van der Waals surface area contributed by atoms with Crippen LogP contribution in [0.5, 0.6) is 0 Å². The van der Waals surface area contributed by atoms with Crippen LogP contribution in [-0.2, 0) is 6.54 Å². The van der Waals surface area contributed by atoms with Crippen molar-refractivity contribution in [2.75, 3.05) is 7.05 Å². The number of hydrogen-bond donors (Lipinski definition) is 2. The summed E-state index contributed by atoms with van der Waals surface area (Å²) in [6.07, 6.45) is 0. The van der Waals surface area contributed by atoms with Gasteiger partial charge in [0.2, 0.25) is 0 Å². The Morgan fingerprint density at radius 3 is 2.08 bits per heavy atom. The third-order valence-corrected chi connectivity index (χ3v) is 1.32. The highest BCUT2D eigenvalue weighted by Gasteiger charge is 1.88. The fraction of sp³-hybridized carbons (Fsp3) is 0.222. The predicted octanol–water partition coefficient (Wildman–Crippen LogP) is 0.592. The highest BCUT2D eigenvalue weighted by atomic mass is 14.5. The molecule has 0 radical (unpaired) electrons. The lowest BCUT2D eigenvalue weighted by Gasteiger charge is -1.93. The van der Waals surface area contributed by atoms with Gasteiger partial charge in [-0.25, -0.2) is 0 Å². The summed E-state index contributed by atoms with van der Waals surface area (Å²) in [6, 6.07) is 9.29. The average Bonchev–Trinajstić information content (AvgIpc) is 2.21. The van der Waals surface area contributed by atoms with E-state index in [2.05, 4.69) is 5.73 Å². The number of nitrogens with zero attached hydrogens (tertiary/aromatic N) is 1. The lowest BCUT2D eigenvalue weighted by molar-refractivity contribution is 1.07. The van der Waals surface area contributed by atoms with E-state index < -0.39 is 0 Å². The van der Waals surface area contributed by atoms with Crippen molar-refractivity contribution >= 4 is 0 Å². The van der Waals surface area contributed by atoms with Crippen LogP contribution in [0, 0.1) is 11.3 Å². The molecule has 12 heavy (non-hydrogen) atoms. The fourth-order valence-corrected chi connectivity index (χ4v) is 0.715. The zero-order chi connectivity index (χ0) is 9.40. The van der Waals surface area contributed by atoms with Crippen LogP contribution in [0.3, 0.4) is 0 Å². The molecular formula is C9H13N3. The van der Waals surface area contributed by atoms with Crippen molar-refractivity contribution in [2.24, 2.45) is 11.5 Å². The summed E-state index contributed by atoms with van der Waals surface area (Å²) >= 11 is 0. The smallest absolute Gasteiger partial charge is 0.0991 e. The third kappa shape index (κ3) is 3.15. The van der Waals surface area contributed by atoms with Crippen LogP contribution in [0.2, 0.25) is 0 Å². The number of benzene rings is 1. The van der Waals surface area contributed by atoms with Crippen LogP contribution in [-0.4, -0.2) is 7.05 Å². The Hall–Kier alpha value is -1.37. The maximum Gasteiger partial charge on any atom is 0.0991 e. The topological polar surface area (TPSA) is 75.8 Å². The molecule has 64 valence electrons. The molecule has 1 aromatic rings. The minimum absolute atomic E-state index is 0.533. The van der Waals surface area contributed by atoms with Gasteiger partial charge in [-0.1, -0.05) is 12.1 Å². The number of rotatable bonds is 1. The van der Waals surface area contributed by atoms with E-state index in [0.717, 1.165) is 5.56 Å². The Bertz CT molecular complexity index is 245. The largest absolute Gasteiger partial charge is 0.333 e. The summed E-state index contributed by atoms with van der Waals surface area (Å²) in [5.41, 5.74) is 11.6. The van der Waals surface area contributed by atoms with Crippen LogP contribution >= 0.6 is 0 Å². The van der Waals surface area contributed by atoms with E-state index in [1.807, 2.05) is 18.2 Å². The van der Waals surface area contributed by atoms with Crippen LogP contribution in [0.15, 0.2) is 24.3 Å². The summed E-state index contributed by atoms with van der Waals surface area (Å²) in [7, 11) is 1.50. The Morgan fingerprint density at radius 1 is 1.25 bits per heavy atom. The fourth-order valence-electron chi connectivity index (χ4n) is 0.715. The first-order valence-corrected chi connectivity index (χ1v) is 3.63. The molecule has 3 heteroatoms. The van der Waals surface area contributed by atoms with E-state index in [1.54, 1.807) is 12.1 Å². The summed E-state index contributed by atoms with van der Waals surface area (Å²) in [5, 5.41) is 8.42. The molecule has 1 aromatic carbocycles. The first-order chi connectivity index (χ1) is 5.86. The van der Waals surface area contributed by atoms with Crippen LogP contribution in [0.25, 0.3) is 0 Å². The van der Waals surface area contributed by atoms with Crippen LogP contribution in [0.1, 0.15) is 11.1 Å². The number of nitrogens with two attached hydrogens (primary N) is 2. The van der Waals surface area contributed by atoms with Gasteiger partial charge in [0.05, 0.1) is 11.6 Å². The molecule has 0 heterocycles. The average molecular weight is 163 g/mol. The van der Waals surface area contributed by atoms with E-state index in [4.69, 9.17) is 11.0 Å². The van der Waals surface area contributed by atoms with Crippen LogP contribution < -0.4 is 11.5 Å². The second kappa shape index (κ2) is 6.35. The van der Waals surface area contributed by atoms with Crippen molar-refractivity contribution in [3.05, 3.63) is 35.4 Å². The Labute approximate surface area is 72.6 Å². The highest BCUT2D eigenvalue weighted by Crippen LogP contribution is 2.01. The van der Waals surface area contributed by atoms with Gasteiger partial charge in [-0.3, -0.25) is 0 Å². The van der Waals surface area contributed by atoms with Gasteiger partial charge in [0.1, 0.15) is 0 Å². The monoisotopic (exact) mass is 163 g/mol. The summed E-state index contributed by atoms with van der Waals surface area (Å²) in [4.78, 5) is 0. The molecule has 0 aliphatic heterocycles. The molecule has 0 fully saturated rings. The van der Waals surface area contributed by atoms with Gasteiger partial charge in [-0.05, 0) is 24.7 Å². The molecular weight excluding hydrogens is 150 g/mol. The van der Waals surface area contributed by atoms with E-state index in [1.165, 1.54) is 7.05 Å². The minimum atomic E-state index is 0.533. The molecule has 0 saturated heterocycles. The summed E-state index contributed by atoms with van der Waals surface area (Å²) in [6.45, 7) is 0.533. The van der Waals surface area contributed by atoms with E-state index in [9.17, 15) is 0 Å². The van der Waals surface area contributed by atoms with E-state index in [0.29, 0.717) is 12.1 Å². The van der Waals surface area contributed by atoms with Crippen LogP contribution in [0.4, 0.5) is 0 Å². The van der Waals surface area contributed by atoms with Gasteiger partial charge < -0.3 is 11.5 Å². The van der Waals surface area contributed by atoms with E-state index in [-0.39, 0.29) is 0 Å². The molecule has 0 aliphatic rings. The maximum absolute atomic E-state index is 8.42. The number of hydrogen-bond acceptors (Lipinski definition) is 3. The summed E-state index contributed by atoms with van der Waals surface area (Å²) < 4.78 is 0. The molecule has 0 atom stereocenters. The molecule has 1 rings (SSSR count). The molecule has 0 spiro atoms. The van der Waals surface area contributed by atoms with Gasteiger partial charge in [0.15, 0.2) is 0 Å². The molecule has 0 aliphatic carbocycles. The van der Waals surface area contributed by atoms with Crippen molar-refractivity contribution in [1.29, 1.82) is 5.26 Å². The Balaban J connectivity index is 0.000000561. The van der Waals surface area contributed by atoms with Crippen molar-refractivity contribution in [2.45, 2.75) is 6.54 Å². The summed E-state index contributed by atoms with van der Waals surface area (Å²) in [5.74, 6) is 0. The first kappa shape index (κ1) is 10.6. The van der Waals surface area contributed by atoms with Crippen molar-refractivity contribution in [3.63, 3.8) is 0 Å². The minimum Gasteiger partial charge on any atom is -0.333 e. The van der Waals surface area contributed by atoms with Gasteiger partial charge in [-0.2, -0.15) is 5.26 Å². The zero-order valence-corrected chi connectivity index (χ0v) is 7.12. The molecule has 4 N–H and O–H groups in total. The van der Waals surface area contributed by atoms with Crippen molar-refractivity contribution in [1.82, 2.24) is 0 Å². The first-order valence-electron chi connectivity index (χ1n) is 3.63. The molecule has 0 bridgehead atoms. The third-order valence-electron chi connectivity index (χ3n) is 1.32. The van der Waals surface area contributed by atoms with Gasteiger partial charge in [0, 0.05) is 6.54 Å². The highest BCUT2D eigenvalue weighted by molar-refractivity contribution is 5.31. The van der Waals surface area contributed by atoms with Gasteiger partial charge in [-0.15, -0.1) is 0 Å². The predicted molar refractivity (Wildman–Crippen MR) is 49.2 cm³/mol. The second-order valence-corrected chi connectivity index (χ2v) is 2.01. The van der Waals surface area contributed by atoms with Gasteiger partial charge >= 0.3 is 0 Å². The SMILES string of the molecule is CN.N#Cc1ccc(CN)cc1. The van der Waals surface area contributed by atoms with Crippen molar-refractivity contribution in [3.8, 4) is 6.07 Å². The molecule has 0 aromatic heterocycles.